The van der Waals surface area contributed by atoms with Gasteiger partial charge in [0.2, 0.25) is 0 Å². The van der Waals surface area contributed by atoms with Gasteiger partial charge in [0, 0.05) is 18.5 Å². The van der Waals surface area contributed by atoms with Crippen molar-refractivity contribution in [3.63, 3.8) is 0 Å². The number of rotatable bonds is 9. The summed E-state index contributed by atoms with van der Waals surface area (Å²) in [5.41, 5.74) is 4.08. The molecule has 0 aliphatic heterocycles. The molecule has 11 heteroatoms. The maximum atomic E-state index is 12.4. The van der Waals surface area contributed by atoms with E-state index in [1.54, 1.807) is 42.6 Å². The molecule has 0 saturated heterocycles. The number of nitrogens with one attached hydrogen (secondary N) is 2. The molecule has 0 fully saturated rings. The van der Waals surface area contributed by atoms with Gasteiger partial charge in [0.25, 0.3) is 11.8 Å². The Bertz CT molecular complexity index is 1190. The highest BCUT2D eigenvalue weighted by molar-refractivity contribution is 7.16. The normalized spacial score (nSPS) is 11.5. The van der Waals surface area contributed by atoms with Crippen molar-refractivity contribution >= 4 is 63.4 Å². The smallest absolute Gasteiger partial charge is 0.281 e. The molecule has 2 heterocycles. The van der Waals surface area contributed by atoms with E-state index in [2.05, 4.69) is 15.8 Å². The Balaban J connectivity index is 1.65. The first-order chi connectivity index (χ1) is 15.8. The minimum absolute atomic E-state index is 0.0326. The Labute approximate surface area is 208 Å². The highest BCUT2D eigenvalue weighted by atomic mass is 35.5. The van der Waals surface area contributed by atoms with E-state index in [4.69, 9.17) is 28.3 Å². The molecule has 0 saturated carbocycles. The SMILES string of the molecule is C/C(=N\NC(=O)c1ccc(C(=O)NCCCCO)s1)c1csc(-c2ccc(Cl)c(Cl)c2)c1O. The van der Waals surface area contributed by atoms with Gasteiger partial charge >= 0.3 is 0 Å². The number of aromatic hydroxyl groups is 1. The summed E-state index contributed by atoms with van der Waals surface area (Å²) in [5.74, 6) is -0.696. The molecule has 4 N–H and O–H groups in total. The summed E-state index contributed by atoms with van der Waals surface area (Å²) < 4.78 is 0. The van der Waals surface area contributed by atoms with E-state index in [-0.39, 0.29) is 18.3 Å². The van der Waals surface area contributed by atoms with E-state index in [1.165, 1.54) is 11.3 Å². The number of hydrogen-bond donors (Lipinski definition) is 4. The van der Waals surface area contributed by atoms with Gasteiger partial charge < -0.3 is 15.5 Å². The van der Waals surface area contributed by atoms with Crippen LogP contribution in [0.15, 0.2) is 40.8 Å². The van der Waals surface area contributed by atoms with Gasteiger partial charge in [-0.05, 0) is 49.6 Å². The first-order valence-electron chi connectivity index (χ1n) is 9.91. The molecule has 33 heavy (non-hydrogen) atoms. The van der Waals surface area contributed by atoms with Gasteiger partial charge in [0.05, 0.1) is 36.0 Å². The van der Waals surface area contributed by atoms with Crippen molar-refractivity contribution in [2.45, 2.75) is 19.8 Å². The molecule has 1 aromatic carbocycles. The number of hydrogen-bond acceptors (Lipinski definition) is 7. The Morgan fingerprint density at radius 2 is 1.79 bits per heavy atom. The number of thiophene rings is 2. The third-order valence-corrected chi connectivity index (χ3v) is 7.43. The zero-order chi connectivity index (χ0) is 24.0. The maximum Gasteiger partial charge on any atom is 0.281 e. The summed E-state index contributed by atoms with van der Waals surface area (Å²) in [4.78, 5) is 25.9. The van der Waals surface area contributed by atoms with E-state index in [0.717, 1.165) is 16.9 Å². The number of aliphatic hydroxyl groups is 1. The lowest BCUT2D eigenvalue weighted by Gasteiger charge is -2.04. The summed E-state index contributed by atoms with van der Waals surface area (Å²) >= 11 is 14.4. The lowest BCUT2D eigenvalue weighted by atomic mass is 10.1. The molecular weight excluding hydrogens is 505 g/mol. The number of unbranched alkanes of at least 4 members (excludes halogenated alkanes) is 1. The van der Waals surface area contributed by atoms with E-state index in [0.29, 0.717) is 55.3 Å². The lowest BCUT2D eigenvalue weighted by Crippen LogP contribution is -2.23. The standard InChI is InChI=1S/C22H21Cl2N3O4S2/c1-12(14-11-32-20(19(14)29)13-4-5-15(23)16(24)10-13)26-27-22(31)18-7-6-17(33-18)21(30)25-8-2-3-9-28/h4-7,10-11,28-29H,2-3,8-9H2,1H3,(H,25,30)(H,27,31)/b26-12+. The van der Waals surface area contributed by atoms with Gasteiger partial charge in [0.15, 0.2) is 0 Å². The van der Waals surface area contributed by atoms with E-state index in [1.807, 2.05) is 0 Å². The van der Waals surface area contributed by atoms with Crippen molar-refractivity contribution in [2.24, 2.45) is 5.10 Å². The molecule has 3 rings (SSSR count). The van der Waals surface area contributed by atoms with Crippen molar-refractivity contribution < 1.29 is 19.8 Å². The van der Waals surface area contributed by atoms with Gasteiger partial charge in [0.1, 0.15) is 5.75 Å². The number of carbonyl (C=O) groups is 2. The van der Waals surface area contributed by atoms with Crippen LogP contribution in [0.5, 0.6) is 5.75 Å². The van der Waals surface area contributed by atoms with Crippen molar-refractivity contribution in [1.82, 2.24) is 10.7 Å². The zero-order valence-electron chi connectivity index (χ0n) is 17.5. The summed E-state index contributed by atoms with van der Waals surface area (Å²) in [5, 5.41) is 28.8. The molecule has 0 unspecified atom stereocenters. The first kappa shape index (κ1) is 25.2. The second kappa shape index (κ2) is 11.6. The van der Waals surface area contributed by atoms with Crippen LogP contribution >= 0.6 is 45.9 Å². The van der Waals surface area contributed by atoms with Crippen LogP contribution in [0.4, 0.5) is 0 Å². The van der Waals surface area contributed by atoms with Gasteiger partial charge in [-0.25, -0.2) is 5.43 Å². The fourth-order valence-corrected chi connectivity index (χ4v) is 4.92. The second-order valence-electron chi connectivity index (χ2n) is 6.94. The zero-order valence-corrected chi connectivity index (χ0v) is 20.7. The Hall–Kier alpha value is -2.43. The van der Waals surface area contributed by atoms with E-state index in [9.17, 15) is 14.7 Å². The number of aliphatic hydroxyl groups excluding tert-OH is 1. The topological polar surface area (TPSA) is 111 Å². The minimum atomic E-state index is -0.460. The molecule has 174 valence electrons. The number of carbonyl (C=O) groups excluding carboxylic acids is 2. The van der Waals surface area contributed by atoms with Crippen molar-refractivity contribution in [1.29, 1.82) is 0 Å². The molecule has 0 bridgehead atoms. The van der Waals surface area contributed by atoms with Crippen LogP contribution < -0.4 is 10.7 Å². The summed E-state index contributed by atoms with van der Waals surface area (Å²) in [6.07, 6.45) is 1.29. The largest absolute Gasteiger partial charge is 0.506 e. The van der Waals surface area contributed by atoms with Crippen LogP contribution in [0.25, 0.3) is 10.4 Å². The molecular formula is C22H21Cl2N3O4S2. The third kappa shape index (κ3) is 6.33. The summed E-state index contributed by atoms with van der Waals surface area (Å²) in [7, 11) is 0. The van der Waals surface area contributed by atoms with Crippen molar-refractivity contribution in [3.05, 3.63) is 61.1 Å². The summed E-state index contributed by atoms with van der Waals surface area (Å²) in [6.45, 7) is 2.20. The van der Waals surface area contributed by atoms with Crippen LogP contribution in [0.3, 0.4) is 0 Å². The molecule has 2 amide bonds. The number of benzene rings is 1. The number of halogens is 2. The molecule has 0 spiro atoms. The molecule has 0 radical (unpaired) electrons. The van der Waals surface area contributed by atoms with E-state index < -0.39 is 5.91 Å². The molecule has 0 atom stereocenters. The highest BCUT2D eigenvalue weighted by Gasteiger charge is 2.17. The van der Waals surface area contributed by atoms with Crippen LogP contribution in [-0.2, 0) is 0 Å². The molecule has 3 aromatic rings. The van der Waals surface area contributed by atoms with Crippen LogP contribution in [0.2, 0.25) is 10.0 Å². The average molecular weight is 526 g/mol. The Morgan fingerprint density at radius 1 is 1.06 bits per heavy atom. The monoisotopic (exact) mass is 525 g/mol. The third-order valence-electron chi connectivity index (χ3n) is 4.59. The first-order valence-corrected chi connectivity index (χ1v) is 12.4. The molecule has 2 aromatic heterocycles. The van der Waals surface area contributed by atoms with Crippen molar-refractivity contribution in [3.8, 4) is 16.2 Å². The fourth-order valence-electron chi connectivity index (χ4n) is 2.81. The van der Waals surface area contributed by atoms with Crippen LogP contribution in [0, 0.1) is 0 Å². The number of hydrazone groups is 1. The predicted octanol–water partition coefficient (Wildman–Crippen LogP) is 5.15. The maximum absolute atomic E-state index is 12.4. The second-order valence-corrected chi connectivity index (χ2v) is 9.72. The molecule has 0 aliphatic carbocycles. The predicted molar refractivity (Wildman–Crippen MR) is 134 cm³/mol. The van der Waals surface area contributed by atoms with Crippen LogP contribution in [0.1, 0.15) is 44.7 Å². The lowest BCUT2D eigenvalue weighted by molar-refractivity contribution is 0.0950. The Kier molecular flexibility index (Phi) is 8.87. The number of nitrogens with zero attached hydrogens (tertiary/aromatic N) is 1. The minimum Gasteiger partial charge on any atom is -0.506 e. The highest BCUT2D eigenvalue weighted by Crippen LogP contribution is 2.40. The quantitative estimate of drug-likeness (QED) is 0.176. The van der Waals surface area contributed by atoms with Crippen LogP contribution in [-0.4, -0.2) is 40.9 Å². The fraction of sp³-hybridized carbons (Fsp3) is 0.227. The summed E-state index contributed by atoms with van der Waals surface area (Å²) in [6, 6.07) is 8.22. The van der Waals surface area contributed by atoms with Gasteiger partial charge in [-0.15, -0.1) is 22.7 Å². The Morgan fingerprint density at radius 3 is 2.48 bits per heavy atom. The van der Waals surface area contributed by atoms with Gasteiger partial charge in [-0.2, -0.15) is 5.10 Å². The van der Waals surface area contributed by atoms with Gasteiger partial charge in [-0.3, -0.25) is 9.59 Å². The molecule has 7 nitrogen and oxygen atoms in total. The van der Waals surface area contributed by atoms with Crippen molar-refractivity contribution in [2.75, 3.05) is 13.2 Å². The van der Waals surface area contributed by atoms with Gasteiger partial charge in [-0.1, -0.05) is 29.3 Å². The molecule has 0 aliphatic rings. The number of amides is 2. The van der Waals surface area contributed by atoms with E-state index >= 15 is 0 Å². The average Bonchev–Trinajstić information content (AvgIpc) is 3.44.